The third kappa shape index (κ3) is 8.69. The van der Waals surface area contributed by atoms with Crippen molar-refractivity contribution >= 4 is 11.9 Å². The maximum Gasteiger partial charge on any atom is 0.327 e. The van der Waals surface area contributed by atoms with E-state index >= 15 is 0 Å². The van der Waals surface area contributed by atoms with E-state index in [0.29, 0.717) is 25.7 Å². The number of amides is 1. The molecule has 1 heterocycles. The maximum atomic E-state index is 14.0. The summed E-state index contributed by atoms with van der Waals surface area (Å²) in [4.78, 5) is 24.4. The molecule has 2 rings (SSSR count). The largest absolute Gasteiger partial charge is 0.469 e. The second kappa shape index (κ2) is 13.3. The van der Waals surface area contributed by atoms with Gasteiger partial charge in [0.2, 0.25) is 0 Å². The van der Waals surface area contributed by atoms with E-state index in [-0.39, 0.29) is 12.5 Å². The molecule has 1 saturated heterocycles. The average molecular weight is 452 g/mol. The van der Waals surface area contributed by atoms with Crippen molar-refractivity contribution in [3.8, 4) is 0 Å². The summed E-state index contributed by atoms with van der Waals surface area (Å²) in [6, 6.07) is 9.41. The lowest BCUT2D eigenvalue weighted by molar-refractivity contribution is -0.148. The molecular formula is C25H35F2NO4. The minimum Gasteiger partial charge on any atom is -0.469 e. The minimum absolute atomic E-state index is 0.245. The Balaban J connectivity index is 1.73. The number of hydrogen-bond donors (Lipinski definition) is 1. The predicted molar refractivity (Wildman–Crippen MR) is 119 cm³/mol. The molecule has 0 bridgehead atoms. The van der Waals surface area contributed by atoms with E-state index in [4.69, 9.17) is 0 Å². The number of aliphatic hydroxyl groups is 1. The summed E-state index contributed by atoms with van der Waals surface area (Å²) < 4.78 is 32.6. The summed E-state index contributed by atoms with van der Waals surface area (Å²) in [5.41, 5.74) is 1.25. The molecule has 5 nitrogen and oxygen atoms in total. The lowest BCUT2D eigenvalue weighted by Crippen LogP contribution is -2.36. The van der Waals surface area contributed by atoms with Gasteiger partial charge in [0.1, 0.15) is 0 Å². The van der Waals surface area contributed by atoms with Gasteiger partial charge in [0.05, 0.1) is 19.3 Å². The van der Waals surface area contributed by atoms with Crippen molar-refractivity contribution in [2.45, 2.75) is 82.3 Å². The van der Waals surface area contributed by atoms with Crippen molar-refractivity contribution in [3.05, 3.63) is 48.0 Å². The number of unbranched alkanes of at least 4 members (excludes halogenated alkanes) is 4. The summed E-state index contributed by atoms with van der Waals surface area (Å²) in [6.45, 7) is 0.245. The second-order valence-corrected chi connectivity index (χ2v) is 8.40. The summed E-state index contributed by atoms with van der Waals surface area (Å²) in [5.74, 6) is -4.76. The molecule has 1 aliphatic rings. The fourth-order valence-electron chi connectivity index (χ4n) is 3.95. The van der Waals surface area contributed by atoms with Crippen LogP contribution in [0.5, 0.6) is 0 Å². The third-order valence-corrected chi connectivity index (χ3v) is 5.81. The molecule has 2 atom stereocenters. The number of alkyl halides is 2. The van der Waals surface area contributed by atoms with E-state index in [1.54, 1.807) is 12.2 Å². The number of carbonyl (C=O) groups is 2. The van der Waals surface area contributed by atoms with Gasteiger partial charge in [-0.1, -0.05) is 61.7 Å². The number of halogens is 2. The minimum atomic E-state index is -3.36. The highest BCUT2D eigenvalue weighted by atomic mass is 19.3. The van der Waals surface area contributed by atoms with Crippen LogP contribution < -0.4 is 0 Å². The van der Waals surface area contributed by atoms with Crippen molar-refractivity contribution in [1.29, 1.82) is 0 Å². The summed E-state index contributed by atoms with van der Waals surface area (Å²) in [7, 11) is 1.34. The Hall–Kier alpha value is -2.28. The van der Waals surface area contributed by atoms with Crippen LogP contribution in [-0.4, -0.2) is 53.6 Å². The van der Waals surface area contributed by atoms with Crippen LogP contribution in [-0.2, 0) is 20.7 Å². The molecule has 32 heavy (non-hydrogen) atoms. The zero-order valence-electron chi connectivity index (χ0n) is 18.8. The standard InChI is InChI=1S/C25H35F2NO4/c1-32-23(30)15-7-2-3-10-18-28-21(19-25(26,27)24(28)31)16-17-22(29)14-9-8-13-20-11-5-4-6-12-20/h4-6,11-12,16-17,21-22,29H,2-3,7-10,13-15,18-19H2,1H3/b17-16+/t21?,22-/m0/s1. The van der Waals surface area contributed by atoms with E-state index in [1.165, 1.54) is 17.6 Å². The molecule has 0 radical (unpaired) electrons. The van der Waals surface area contributed by atoms with Crippen LogP contribution in [0.1, 0.15) is 63.4 Å². The molecule has 0 aliphatic carbocycles. The van der Waals surface area contributed by atoms with Crippen LogP contribution >= 0.6 is 0 Å². The smallest absolute Gasteiger partial charge is 0.327 e. The van der Waals surface area contributed by atoms with Crippen LogP contribution in [0, 0.1) is 0 Å². The molecule has 1 N–H and O–H groups in total. The molecule has 0 aromatic heterocycles. The second-order valence-electron chi connectivity index (χ2n) is 8.40. The molecular weight excluding hydrogens is 416 g/mol. The number of rotatable bonds is 14. The van der Waals surface area contributed by atoms with Gasteiger partial charge in [-0.05, 0) is 37.7 Å². The topological polar surface area (TPSA) is 66.8 Å². The van der Waals surface area contributed by atoms with Crippen LogP contribution in [0.25, 0.3) is 0 Å². The van der Waals surface area contributed by atoms with Gasteiger partial charge in [-0.25, -0.2) is 0 Å². The van der Waals surface area contributed by atoms with E-state index < -0.39 is 30.4 Å². The highest BCUT2D eigenvalue weighted by Gasteiger charge is 2.52. The quantitative estimate of drug-likeness (QED) is 0.253. The molecule has 178 valence electrons. The number of benzene rings is 1. The zero-order valence-corrected chi connectivity index (χ0v) is 18.8. The molecule has 1 fully saturated rings. The van der Waals surface area contributed by atoms with E-state index in [2.05, 4.69) is 16.9 Å². The average Bonchev–Trinajstić information content (AvgIpc) is 3.00. The first-order valence-electron chi connectivity index (χ1n) is 11.5. The fraction of sp³-hybridized carbons (Fsp3) is 0.600. The molecule has 1 aliphatic heterocycles. The number of likely N-dealkylation sites (tertiary alicyclic amines) is 1. The SMILES string of the molecule is COC(=O)CCCCCCN1C(=O)C(F)(F)CC1/C=C/[C@@H](O)CCCCc1ccccc1. The maximum absolute atomic E-state index is 14.0. The van der Waals surface area contributed by atoms with E-state index in [1.807, 2.05) is 18.2 Å². The Morgan fingerprint density at radius 3 is 2.62 bits per heavy atom. The lowest BCUT2D eigenvalue weighted by Gasteiger charge is -2.22. The van der Waals surface area contributed by atoms with Gasteiger partial charge in [0.15, 0.2) is 0 Å². The molecule has 1 aromatic carbocycles. The Labute approximate surface area is 189 Å². The van der Waals surface area contributed by atoms with Gasteiger partial charge in [0.25, 0.3) is 5.91 Å². The highest BCUT2D eigenvalue weighted by Crippen LogP contribution is 2.34. The summed E-state index contributed by atoms with van der Waals surface area (Å²) in [5, 5.41) is 10.2. The number of aryl methyl sites for hydroxylation is 1. The van der Waals surface area contributed by atoms with Gasteiger partial charge in [-0.3, -0.25) is 9.59 Å². The first-order valence-corrected chi connectivity index (χ1v) is 11.5. The van der Waals surface area contributed by atoms with Gasteiger partial charge in [-0.15, -0.1) is 0 Å². The number of carbonyl (C=O) groups excluding carboxylic acids is 2. The van der Waals surface area contributed by atoms with Crippen molar-refractivity contribution in [3.63, 3.8) is 0 Å². The highest BCUT2D eigenvalue weighted by molar-refractivity contribution is 5.86. The summed E-state index contributed by atoms with van der Waals surface area (Å²) >= 11 is 0. The molecule has 1 unspecified atom stereocenters. The number of aliphatic hydroxyl groups excluding tert-OH is 1. The van der Waals surface area contributed by atoms with Gasteiger partial charge in [-0.2, -0.15) is 8.78 Å². The lowest BCUT2D eigenvalue weighted by atomic mass is 10.0. The molecule has 1 amide bonds. The number of ether oxygens (including phenoxy) is 1. The first-order chi connectivity index (χ1) is 15.3. The number of hydrogen-bond acceptors (Lipinski definition) is 4. The number of esters is 1. The van der Waals surface area contributed by atoms with Crippen LogP contribution in [0.3, 0.4) is 0 Å². The molecule has 7 heteroatoms. The first kappa shape index (κ1) is 26.0. The Bertz CT molecular complexity index is 739. The number of nitrogens with zero attached hydrogens (tertiary/aromatic N) is 1. The van der Waals surface area contributed by atoms with Gasteiger partial charge < -0.3 is 14.7 Å². The molecule has 0 saturated carbocycles. The van der Waals surface area contributed by atoms with Crippen molar-refractivity contribution < 1.29 is 28.2 Å². The van der Waals surface area contributed by atoms with E-state index in [9.17, 15) is 23.5 Å². The Kier molecular flexibility index (Phi) is 10.8. The Morgan fingerprint density at radius 2 is 1.91 bits per heavy atom. The van der Waals surface area contributed by atoms with Crippen molar-refractivity contribution in [2.24, 2.45) is 0 Å². The monoisotopic (exact) mass is 451 g/mol. The normalized spacial score (nSPS) is 18.9. The summed E-state index contributed by atoms with van der Waals surface area (Å²) in [6.07, 6.45) is 8.23. The fourth-order valence-corrected chi connectivity index (χ4v) is 3.95. The van der Waals surface area contributed by atoms with Gasteiger partial charge >= 0.3 is 11.9 Å². The predicted octanol–water partition coefficient (Wildman–Crippen LogP) is 4.68. The van der Waals surface area contributed by atoms with Crippen LogP contribution in [0.2, 0.25) is 0 Å². The Morgan fingerprint density at radius 1 is 1.19 bits per heavy atom. The van der Waals surface area contributed by atoms with E-state index in [0.717, 1.165) is 32.1 Å². The zero-order chi connectivity index (χ0) is 23.4. The molecule has 1 aromatic rings. The molecule has 0 spiro atoms. The van der Waals surface area contributed by atoms with Crippen LogP contribution in [0.4, 0.5) is 8.78 Å². The van der Waals surface area contributed by atoms with Crippen LogP contribution in [0.15, 0.2) is 42.5 Å². The third-order valence-electron chi connectivity index (χ3n) is 5.81. The van der Waals surface area contributed by atoms with Gasteiger partial charge in [0, 0.05) is 19.4 Å². The van der Waals surface area contributed by atoms with Crippen molar-refractivity contribution in [2.75, 3.05) is 13.7 Å². The number of methoxy groups -OCH3 is 1. The van der Waals surface area contributed by atoms with Crippen molar-refractivity contribution in [1.82, 2.24) is 4.90 Å².